The molecule has 0 aromatic heterocycles. The Kier molecular flexibility index (Phi) is 4.63. The zero-order valence-electron chi connectivity index (χ0n) is 11.9. The van der Waals surface area contributed by atoms with Gasteiger partial charge in [-0.3, -0.25) is 4.79 Å². The number of nitrogens with one attached hydrogen (secondary N) is 1. The molecule has 114 valence electrons. The molecule has 0 saturated carbocycles. The van der Waals surface area contributed by atoms with Gasteiger partial charge >= 0.3 is 0 Å². The van der Waals surface area contributed by atoms with Gasteiger partial charge in [-0.05, 0) is 30.2 Å². The van der Waals surface area contributed by atoms with Crippen LogP contribution >= 0.6 is 11.8 Å². The fourth-order valence-corrected chi connectivity index (χ4v) is 3.56. The molecule has 0 fully saturated rings. The van der Waals surface area contributed by atoms with Gasteiger partial charge in [0.25, 0.3) is 0 Å². The van der Waals surface area contributed by atoms with E-state index in [-0.39, 0.29) is 17.0 Å². The number of thioether (sulfide) groups is 1. The van der Waals surface area contributed by atoms with Crippen LogP contribution in [-0.2, 0) is 11.2 Å². The summed E-state index contributed by atoms with van der Waals surface area (Å²) in [7, 11) is 0. The van der Waals surface area contributed by atoms with Crippen molar-refractivity contribution < 1.29 is 13.9 Å². The molecule has 22 heavy (non-hydrogen) atoms. The van der Waals surface area contributed by atoms with Gasteiger partial charge in [-0.25, -0.2) is 4.39 Å². The van der Waals surface area contributed by atoms with Gasteiger partial charge in [0, 0.05) is 11.0 Å². The number of hydrogen-bond donors (Lipinski definition) is 1. The summed E-state index contributed by atoms with van der Waals surface area (Å²) in [5, 5.41) is 2.79. The fourth-order valence-electron chi connectivity index (χ4n) is 2.34. The highest BCUT2D eigenvalue weighted by Gasteiger charge is 2.27. The molecule has 0 saturated heterocycles. The lowest BCUT2D eigenvalue weighted by atomic mass is 10.1. The number of carbonyl (C=O) groups excluding carboxylic acids is 1. The Morgan fingerprint density at radius 3 is 2.95 bits per heavy atom. The average molecular weight is 317 g/mol. The predicted molar refractivity (Wildman–Crippen MR) is 84.7 cm³/mol. The van der Waals surface area contributed by atoms with Crippen LogP contribution < -0.4 is 10.1 Å². The molecule has 1 heterocycles. The van der Waals surface area contributed by atoms with Gasteiger partial charge in [0.05, 0.1) is 11.8 Å². The van der Waals surface area contributed by atoms with E-state index >= 15 is 0 Å². The summed E-state index contributed by atoms with van der Waals surface area (Å²) in [6.45, 7) is 0.724. The van der Waals surface area contributed by atoms with Crippen LogP contribution in [0.5, 0.6) is 5.75 Å². The minimum absolute atomic E-state index is 0.0176. The predicted octanol–water partition coefficient (Wildman–Crippen LogP) is 3.04. The molecule has 0 spiro atoms. The Hall–Kier alpha value is -2.01. The van der Waals surface area contributed by atoms with Crippen molar-refractivity contribution in [3.63, 3.8) is 0 Å². The van der Waals surface area contributed by atoms with Crippen molar-refractivity contribution in [3.05, 3.63) is 59.9 Å². The largest absolute Gasteiger partial charge is 0.492 e. The van der Waals surface area contributed by atoms with Gasteiger partial charge < -0.3 is 10.1 Å². The molecule has 3 nitrogen and oxygen atoms in total. The molecule has 1 amide bonds. The van der Waals surface area contributed by atoms with Crippen LogP contribution in [0.4, 0.5) is 4.39 Å². The lowest BCUT2D eigenvalue weighted by molar-refractivity contribution is -0.120. The van der Waals surface area contributed by atoms with E-state index in [9.17, 15) is 9.18 Å². The van der Waals surface area contributed by atoms with E-state index in [2.05, 4.69) is 11.4 Å². The second-order valence-corrected chi connectivity index (χ2v) is 6.26. The number of ether oxygens (including phenoxy) is 1. The van der Waals surface area contributed by atoms with Gasteiger partial charge in [0.1, 0.15) is 18.2 Å². The maximum absolute atomic E-state index is 13.0. The van der Waals surface area contributed by atoms with Gasteiger partial charge in [-0.15, -0.1) is 11.8 Å². The summed E-state index contributed by atoms with van der Waals surface area (Å²) in [5.74, 6) is 0.155. The normalized spacial score (nSPS) is 16.1. The summed E-state index contributed by atoms with van der Waals surface area (Å²) in [4.78, 5) is 13.3. The number of fused-ring (bicyclic) bond motifs is 1. The minimum atomic E-state index is -0.332. The number of amides is 1. The second-order valence-electron chi connectivity index (χ2n) is 5.02. The van der Waals surface area contributed by atoms with Crippen LogP contribution in [0.15, 0.2) is 53.4 Å². The Labute approximate surface area is 132 Å². The molecule has 5 heteroatoms. The summed E-state index contributed by atoms with van der Waals surface area (Å²) >= 11 is 1.60. The Morgan fingerprint density at radius 2 is 2.14 bits per heavy atom. The molecule has 0 aliphatic carbocycles. The highest BCUT2D eigenvalue weighted by atomic mass is 32.2. The fraction of sp³-hybridized carbons (Fsp3) is 0.235. The van der Waals surface area contributed by atoms with Crippen molar-refractivity contribution in [2.24, 2.45) is 0 Å². The van der Waals surface area contributed by atoms with Crippen LogP contribution in [-0.4, -0.2) is 24.3 Å². The maximum atomic E-state index is 13.0. The summed E-state index contributed by atoms with van der Waals surface area (Å²) in [6.07, 6.45) is 0.761. The highest BCUT2D eigenvalue weighted by molar-refractivity contribution is 8.01. The Balaban J connectivity index is 1.42. The third-order valence-electron chi connectivity index (χ3n) is 3.41. The van der Waals surface area contributed by atoms with E-state index in [1.165, 1.54) is 22.6 Å². The molecule has 1 unspecified atom stereocenters. The maximum Gasteiger partial charge on any atom is 0.233 e. The van der Waals surface area contributed by atoms with E-state index < -0.39 is 0 Å². The van der Waals surface area contributed by atoms with Gasteiger partial charge in [-0.2, -0.15) is 0 Å². The second kappa shape index (κ2) is 6.83. The number of benzene rings is 2. The number of rotatable bonds is 5. The van der Waals surface area contributed by atoms with Crippen molar-refractivity contribution >= 4 is 17.7 Å². The quantitative estimate of drug-likeness (QED) is 0.862. The third-order valence-corrected chi connectivity index (χ3v) is 4.72. The molecule has 0 radical (unpaired) electrons. The monoisotopic (exact) mass is 317 g/mol. The van der Waals surface area contributed by atoms with Gasteiger partial charge in [-0.1, -0.05) is 24.3 Å². The first-order valence-corrected chi connectivity index (χ1v) is 8.01. The van der Waals surface area contributed by atoms with E-state index in [4.69, 9.17) is 4.74 Å². The topological polar surface area (TPSA) is 38.3 Å². The SMILES string of the molecule is O=C(NCCOc1cccc(F)c1)C1Cc2ccccc2S1. The zero-order chi connectivity index (χ0) is 15.4. The van der Waals surface area contributed by atoms with Crippen LogP contribution in [0.2, 0.25) is 0 Å². The average Bonchev–Trinajstić information content (AvgIpc) is 2.95. The lowest BCUT2D eigenvalue weighted by Gasteiger charge is -2.11. The first kappa shape index (κ1) is 14.9. The van der Waals surface area contributed by atoms with Crippen molar-refractivity contribution in [1.29, 1.82) is 0 Å². The van der Waals surface area contributed by atoms with E-state index in [0.29, 0.717) is 18.9 Å². The van der Waals surface area contributed by atoms with E-state index in [0.717, 1.165) is 6.42 Å². The molecule has 1 aliphatic rings. The van der Waals surface area contributed by atoms with Gasteiger partial charge in [0.2, 0.25) is 5.91 Å². The zero-order valence-corrected chi connectivity index (χ0v) is 12.7. The standard InChI is InChI=1S/C17H16FNO2S/c18-13-5-3-6-14(11-13)21-9-8-19-17(20)16-10-12-4-1-2-7-15(12)22-16/h1-7,11,16H,8-10H2,(H,19,20). The van der Waals surface area contributed by atoms with Crippen LogP contribution in [0.1, 0.15) is 5.56 Å². The van der Waals surface area contributed by atoms with Crippen molar-refractivity contribution in [3.8, 4) is 5.75 Å². The Morgan fingerprint density at radius 1 is 1.27 bits per heavy atom. The van der Waals surface area contributed by atoms with Crippen molar-refractivity contribution in [2.75, 3.05) is 13.2 Å². The van der Waals surface area contributed by atoms with E-state index in [1.807, 2.05) is 18.2 Å². The van der Waals surface area contributed by atoms with Crippen molar-refractivity contribution in [2.45, 2.75) is 16.6 Å². The lowest BCUT2D eigenvalue weighted by Crippen LogP contribution is -2.35. The van der Waals surface area contributed by atoms with Gasteiger partial charge in [0.15, 0.2) is 0 Å². The first-order valence-electron chi connectivity index (χ1n) is 7.13. The van der Waals surface area contributed by atoms with Crippen LogP contribution in [0, 0.1) is 5.82 Å². The summed E-state index contributed by atoms with van der Waals surface area (Å²) < 4.78 is 18.4. The number of carbonyl (C=O) groups is 1. The molecular weight excluding hydrogens is 301 g/mol. The van der Waals surface area contributed by atoms with Crippen LogP contribution in [0.3, 0.4) is 0 Å². The molecule has 2 aromatic rings. The van der Waals surface area contributed by atoms with E-state index in [1.54, 1.807) is 23.9 Å². The highest BCUT2D eigenvalue weighted by Crippen LogP contribution is 2.36. The molecule has 1 N–H and O–H groups in total. The first-order chi connectivity index (χ1) is 10.7. The summed E-state index contributed by atoms with van der Waals surface area (Å²) in [6, 6.07) is 14.0. The number of hydrogen-bond acceptors (Lipinski definition) is 3. The molecular formula is C17H16FNO2S. The molecule has 2 aromatic carbocycles. The molecule has 3 rings (SSSR count). The molecule has 0 bridgehead atoms. The summed E-state index contributed by atoms with van der Waals surface area (Å²) in [5.41, 5.74) is 1.23. The minimum Gasteiger partial charge on any atom is -0.492 e. The third kappa shape index (κ3) is 3.60. The molecule has 1 aliphatic heterocycles. The van der Waals surface area contributed by atoms with Crippen LogP contribution in [0.25, 0.3) is 0 Å². The number of halogens is 1. The Bertz CT molecular complexity index is 652. The molecule has 1 atom stereocenters. The van der Waals surface area contributed by atoms with Crippen molar-refractivity contribution in [1.82, 2.24) is 5.32 Å². The smallest absolute Gasteiger partial charge is 0.233 e.